The number of amides is 2. The Balaban J connectivity index is 1.54. The Morgan fingerprint density at radius 2 is 1.73 bits per heavy atom. The summed E-state index contributed by atoms with van der Waals surface area (Å²) in [6.07, 6.45) is 1.38. The van der Waals surface area contributed by atoms with E-state index in [1.807, 2.05) is 19.9 Å². The monoisotopic (exact) mass is 407 g/mol. The zero-order valence-corrected chi connectivity index (χ0v) is 16.8. The van der Waals surface area contributed by atoms with Crippen LogP contribution in [0.15, 0.2) is 48.7 Å². The molecule has 30 heavy (non-hydrogen) atoms. The van der Waals surface area contributed by atoms with Gasteiger partial charge in [0.25, 0.3) is 11.8 Å². The maximum atomic E-state index is 12.2. The fourth-order valence-corrected chi connectivity index (χ4v) is 2.75. The Bertz CT molecular complexity index is 1070. The van der Waals surface area contributed by atoms with Crippen LogP contribution in [0.3, 0.4) is 0 Å². The summed E-state index contributed by atoms with van der Waals surface area (Å²) < 4.78 is 6.71. The van der Waals surface area contributed by atoms with Crippen molar-refractivity contribution in [1.82, 2.24) is 20.1 Å². The molecular formula is C21H21N5O4. The van der Waals surface area contributed by atoms with Gasteiger partial charge in [0.1, 0.15) is 0 Å². The third-order valence-electron chi connectivity index (χ3n) is 4.20. The molecule has 2 heterocycles. The van der Waals surface area contributed by atoms with E-state index in [9.17, 15) is 14.4 Å². The highest BCUT2D eigenvalue weighted by Gasteiger charge is 2.13. The lowest BCUT2D eigenvalue weighted by atomic mass is 10.2. The first kappa shape index (κ1) is 20.7. The molecule has 0 atom stereocenters. The van der Waals surface area contributed by atoms with Crippen molar-refractivity contribution in [2.45, 2.75) is 13.8 Å². The van der Waals surface area contributed by atoms with Gasteiger partial charge in [-0.05, 0) is 56.3 Å². The average Bonchev–Trinajstić information content (AvgIpc) is 3.10. The van der Waals surface area contributed by atoms with Gasteiger partial charge in [0.05, 0.1) is 11.3 Å². The number of carbonyl (C=O) groups excluding carboxylic acids is 3. The second-order valence-corrected chi connectivity index (χ2v) is 6.52. The molecule has 0 aliphatic rings. The first-order valence-electron chi connectivity index (χ1n) is 9.16. The summed E-state index contributed by atoms with van der Waals surface area (Å²) >= 11 is 0. The minimum absolute atomic E-state index is 0.223. The molecule has 0 radical (unpaired) electrons. The van der Waals surface area contributed by atoms with Gasteiger partial charge in [0.2, 0.25) is 0 Å². The topological polar surface area (TPSA) is 115 Å². The molecule has 3 rings (SSSR count). The van der Waals surface area contributed by atoms with Crippen LogP contribution >= 0.6 is 0 Å². The third kappa shape index (κ3) is 4.88. The number of anilines is 1. The number of pyridine rings is 1. The van der Waals surface area contributed by atoms with Crippen molar-refractivity contribution in [3.63, 3.8) is 0 Å². The normalized spacial score (nSPS) is 10.4. The zero-order chi connectivity index (χ0) is 21.7. The van der Waals surface area contributed by atoms with Gasteiger partial charge in [-0.1, -0.05) is 0 Å². The molecule has 0 spiro atoms. The zero-order valence-electron chi connectivity index (χ0n) is 16.8. The van der Waals surface area contributed by atoms with E-state index in [2.05, 4.69) is 20.7 Å². The van der Waals surface area contributed by atoms with Gasteiger partial charge < -0.3 is 15.4 Å². The number of benzene rings is 1. The number of nitrogens with zero attached hydrogens (tertiary/aromatic N) is 3. The van der Waals surface area contributed by atoms with Crippen LogP contribution in [-0.4, -0.2) is 46.2 Å². The molecule has 0 aliphatic heterocycles. The van der Waals surface area contributed by atoms with Crippen molar-refractivity contribution in [3.8, 4) is 5.82 Å². The van der Waals surface area contributed by atoms with Crippen LogP contribution in [-0.2, 0) is 9.53 Å². The van der Waals surface area contributed by atoms with E-state index in [1.54, 1.807) is 41.1 Å². The van der Waals surface area contributed by atoms with E-state index in [0.717, 1.165) is 11.4 Å². The maximum absolute atomic E-state index is 12.2. The molecule has 0 saturated carbocycles. The molecule has 0 unspecified atom stereocenters. The molecule has 154 valence electrons. The van der Waals surface area contributed by atoms with Gasteiger partial charge in [-0.2, -0.15) is 5.10 Å². The number of rotatable bonds is 6. The van der Waals surface area contributed by atoms with E-state index in [1.165, 1.54) is 13.2 Å². The number of aromatic nitrogens is 3. The predicted molar refractivity (Wildman–Crippen MR) is 110 cm³/mol. The second-order valence-electron chi connectivity index (χ2n) is 6.52. The van der Waals surface area contributed by atoms with Gasteiger partial charge >= 0.3 is 5.97 Å². The maximum Gasteiger partial charge on any atom is 0.340 e. The van der Waals surface area contributed by atoms with Gasteiger partial charge in [0.15, 0.2) is 12.4 Å². The fourth-order valence-electron chi connectivity index (χ4n) is 2.75. The molecule has 2 N–H and O–H groups in total. The number of carbonyl (C=O) groups is 3. The highest BCUT2D eigenvalue weighted by Crippen LogP contribution is 2.12. The summed E-state index contributed by atoms with van der Waals surface area (Å²) in [5.41, 5.74) is 2.98. The number of aryl methyl sites for hydroxylation is 2. The summed E-state index contributed by atoms with van der Waals surface area (Å²) in [6, 6.07) is 11.5. The molecular weight excluding hydrogens is 386 g/mol. The minimum atomic E-state index is -0.660. The van der Waals surface area contributed by atoms with Crippen LogP contribution < -0.4 is 10.6 Å². The quantitative estimate of drug-likeness (QED) is 0.604. The van der Waals surface area contributed by atoms with E-state index in [0.29, 0.717) is 17.1 Å². The Hall–Kier alpha value is -4.01. The number of ether oxygens (including phenoxy) is 1. The third-order valence-corrected chi connectivity index (χ3v) is 4.20. The van der Waals surface area contributed by atoms with Crippen LogP contribution in [0.2, 0.25) is 0 Å². The molecule has 9 heteroatoms. The summed E-state index contributed by atoms with van der Waals surface area (Å²) in [5.74, 6) is -0.801. The van der Waals surface area contributed by atoms with E-state index < -0.39 is 18.5 Å². The van der Waals surface area contributed by atoms with Crippen molar-refractivity contribution in [2.75, 3.05) is 19.0 Å². The summed E-state index contributed by atoms with van der Waals surface area (Å²) in [7, 11) is 1.54. The minimum Gasteiger partial charge on any atom is -0.452 e. The number of esters is 1. The lowest BCUT2D eigenvalue weighted by molar-refractivity contribution is -0.119. The van der Waals surface area contributed by atoms with Crippen molar-refractivity contribution < 1.29 is 19.1 Å². The smallest absolute Gasteiger partial charge is 0.340 e. The fraction of sp³-hybridized carbons (Fsp3) is 0.190. The van der Waals surface area contributed by atoms with Crippen molar-refractivity contribution >= 4 is 23.5 Å². The number of nitrogens with one attached hydrogen (secondary N) is 2. The SMILES string of the molecule is CNC(=O)c1ccc(NC(=O)COC(=O)c2ccc(-n3nc(C)cc3C)nc2)cc1. The number of hydrogen-bond donors (Lipinski definition) is 2. The standard InChI is InChI=1S/C21H21N5O4/c1-13-10-14(2)26(25-13)18-9-6-16(11-23-18)21(29)30-12-19(27)24-17-7-4-15(5-8-17)20(28)22-3/h4-11H,12H2,1-3H3,(H,22,28)(H,24,27). The largest absolute Gasteiger partial charge is 0.452 e. The van der Waals surface area contributed by atoms with Crippen LogP contribution in [0.4, 0.5) is 5.69 Å². The van der Waals surface area contributed by atoms with Gasteiger partial charge in [-0.15, -0.1) is 0 Å². The molecule has 0 saturated heterocycles. The first-order chi connectivity index (χ1) is 14.4. The van der Waals surface area contributed by atoms with E-state index in [-0.39, 0.29) is 11.5 Å². The molecule has 2 aromatic heterocycles. The molecule has 1 aromatic carbocycles. The van der Waals surface area contributed by atoms with Crippen LogP contribution in [0, 0.1) is 13.8 Å². The first-order valence-corrected chi connectivity index (χ1v) is 9.16. The Morgan fingerprint density at radius 1 is 1.03 bits per heavy atom. The molecule has 9 nitrogen and oxygen atoms in total. The van der Waals surface area contributed by atoms with E-state index >= 15 is 0 Å². The highest BCUT2D eigenvalue weighted by atomic mass is 16.5. The van der Waals surface area contributed by atoms with Crippen molar-refractivity contribution in [2.24, 2.45) is 0 Å². The van der Waals surface area contributed by atoms with E-state index in [4.69, 9.17) is 4.74 Å². The molecule has 0 aliphatic carbocycles. The predicted octanol–water partition coefficient (Wildman–Crippen LogP) is 2.04. The van der Waals surface area contributed by atoms with Crippen molar-refractivity contribution in [1.29, 1.82) is 0 Å². The second kappa shape index (κ2) is 8.99. The molecule has 0 fully saturated rings. The molecule has 3 aromatic rings. The summed E-state index contributed by atoms with van der Waals surface area (Å²) in [6.45, 7) is 3.35. The van der Waals surface area contributed by atoms with Gasteiger partial charge in [-0.25, -0.2) is 14.5 Å². The molecule has 0 bridgehead atoms. The summed E-state index contributed by atoms with van der Waals surface area (Å²) in [5, 5.41) is 9.45. The van der Waals surface area contributed by atoms with Gasteiger partial charge in [0, 0.05) is 30.2 Å². The van der Waals surface area contributed by atoms with Crippen LogP contribution in [0.1, 0.15) is 32.1 Å². The summed E-state index contributed by atoms with van der Waals surface area (Å²) in [4.78, 5) is 39.9. The van der Waals surface area contributed by atoms with Crippen LogP contribution in [0.5, 0.6) is 0 Å². The molecule has 2 amide bonds. The van der Waals surface area contributed by atoms with Gasteiger partial charge in [-0.3, -0.25) is 9.59 Å². The lowest BCUT2D eigenvalue weighted by Gasteiger charge is -2.08. The lowest BCUT2D eigenvalue weighted by Crippen LogP contribution is -2.21. The average molecular weight is 407 g/mol. The highest BCUT2D eigenvalue weighted by molar-refractivity contribution is 5.97. The number of hydrogen-bond acceptors (Lipinski definition) is 6. The Kier molecular flexibility index (Phi) is 6.21. The Morgan fingerprint density at radius 3 is 2.30 bits per heavy atom. The van der Waals surface area contributed by atoms with Crippen LogP contribution in [0.25, 0.3) is 5.82 Å². The van der Waals surface area contributed by atoms with Crippen molar-refractivity contribution in [3.05, 3.63) is 71.2 Å². The Labute approximate surface area is 173 Å².